The Labute approximate surface area is 166 Å². The SMILES string of the molecule is CCOC(=O)[C@@]1(CCOc2ccccc2)CCCN(Cc2ccc(CO)o2)C1. The summed E-state index contributed by atoms with van der Waals surface area (Å²) >= 11 is 0. The Morgan fingerprint density at radius 2 is 2.00 bits per heavy atom. The first kappa shape index (κ1) is 20.4. The molecule has 3 rings (SSSR count). The lowest BCUT2D eigenvalue weighted by Crippen LogP contribution is -2.49. The molecule has 1 fully saturated rings. The van der Waals surface area contributed by atoms with Crippen molar-refractivity contribution >= 4 is 5.97 Å². The molecule has 1 aliphatic heterocycles. The topological polar surface area (TPSA) is 72.1 Å². The van der Waals surface area contributed by atoms with Crippen LogP contribution in [0.3, 0.4) is 0 Å². The van der Waals surface area contributed by atoms with Crippen LogP contribution in [0.5, 0.6) is 5.75 Å². The van der Waals surface area contributed by atoms with Crippen molar-refractivity contribution in [2.75, 3.05) is 26.3 Å². The monoisotopic (exact) mass is 387 g/mol. The number of aliphatic hydroxyl groups is 1. The number of rotatable bonds is 9. The van der Waals surface area contributed by atoms with Crippen molar-refractivity contribution in [1.29, 1.82) is 0 Å². The molecule has 1 N–H and O–H groups in total. The molecule has 0 amide bonds. The zero-order valence-electron chi connectivity index (χ0n) is 16.4. The van der Waals surface area contributed by atoms with Crippen molar-refractivity contribution in [1.82, 2.24) is 4.90 Å². The van der Waals surface area contributed by atoms with E-state index in [1.54, 1.807) is 6.07 Å². The Hall–Kier alpha value is -2.31. The number of aliphatic hydroxyl groups excluding tert-OH is 1. The van der Waals surface area contributed by atoms with Crippen LogP contribution in [-0.4, -0.2) is 42.3 Å². The van der Waals surface area contributed by atoms with Crippen molar-refractivity contribution in [2.45, 2.75) is 39.3 Å². The number of esters is 1. The number of carbonyl (C=O) groups excluding carboxylic acids is 1. The largest absolute Gasteiger partial charge is 0.494 e. The van der Waals surface area contributed by atoms with E-state index in [0.29, 0.717) is 38.5 Å². The van der Waals surface area contributed by atoms with Gasteiger partial charge in [0.15, 0.2) is 0 Å². The first-order chi connectivity index (χ1) is 13.6. The van der Waals surface area contributed by atoms with Gasteiger partial charge in [0.1, 0.15) is 23.9 Å². The minimum absolute atomic E-state index is 0.108. The molecule has 152 valence electrons. The smallest absolute Gasteiger partial charge is 0.313 e. The predicted molar refractivity (Wildman–Crippen MR) is 105 cm³/mol. The molecular formula is C22H29NO5. The van der Waals surface area contributed by atoms with E-state index in [1.807, 2.05) is 43.3 Å². The van der Waals surface area contributed by atoms with Gasteiger partial charge < -0.3 is 19.0 Å². The van der Waals surface area contributed by atoms with Crippen LogP contribution in [0.2, 0.25) is 0 Å². The number of piperidine rings is 1. The van der Waals surface area contributed by atoms with Gasteiger partial charge in [0.25, 0.3) is 0 Å². The second kappa shape index (κ2) is 9.75. The van der Waals surface area contributed by atoms with Gasteiger partial charge in [-0.1, -0.05) is 18.2 Å². The minimum Gasteiger partial charge on any atom is -0.494 e. The fourth-order valence-electron chi connectivity index (χ4n) is 3.81. The number of para-hydroxylation sites is 1. The molecular weight excluding hydrogens is 358 g/mol. The zero-order chi connectivity index (χ0) is 19.8. The number of nitrogens with zero attached hydrogens (tertiary/aromatic N) is 1. The summed E-state index contributed by atoms with van der Waals surface area (Å²) in [4.78, 5) is 15.1. The summed E-state index contributed by atoms with van der Waals surface area (Å²) in [7, 11) is 0. The average Bonchev–Trinajstić information content (AvgIpc) is 3.17. The van der Waals surface area contributed by atoms with Gasteiger partial charge in [-0.25, -0.2) is 0 Å². The van der Waals surface area contributed by atoms with E-state index in [4.69, 9.17) is 13.9 Å². The lowest BCUT2D eigenvalue weighted by atomic mass is 9.77. The van der Waals surface area contributed by atoms with E-state index in [9.17, 15) is 9.90 Å². The molecule has 28 heavy (non-hydrogen) atoms. The first-order valence-corrected chi connectivity index (χ1v) is 9.91. The van der Waals surface area contributed by atoms with E-state index in [-0.39, 0.29) is 12.6 Å². The number of hydrogen-bond donors (Lipinski definition) is 1. The Morgan fingerprint density at radius 3 is 2.71 bits per heavy atom. The highest BCUT2D eigenvalue weighted by molar-refractivity contribution is 5.77. The fourth-order valence-corrected chi connectivity index (χ4v) is 3.81. The van der Waals surface area contributed by atoms with Crippen LogP contribution in [-0.2, 0) is 22.7 Å². The van der Waals surface area contributed by atoms with Crippen molar-refractivity contribution in [2.24, 2.45) is 5.41 Å². The van der Waals surface area contributed by atoms with Gasteiger partial charge >= 0.3 is 5.97 Å². The van der Waals surface area contributed by atoms with Gasteiger partial charge in [0.05, 0.1) is 25.2 Å². The zero-order valence-corrected chi connectivity index (χ0v) is 16.4. The normalized spacial score (nSPS) is 20.1. The van der Waals surface area contributed by atoms with Gasteiger partial charge in [-0.05, 0) is 57.0 Å². The summed E-state index contributed by atoms with van der Waals surface area (Å²) in [5, 5.41) is 9.18. The fraction of sp³-hybridized carbons (Fsp3) is 0.500. The van der Waals surface area contributed by atoms with Gasteiger partial charge in [-0.3, -0.25) is 9.69 Å². The molecule has 0 unspecified atom stereocenters. The van der Waals surface area contributed by atoms with Crippen LogP contribution >= 0.6 is 0 Å². The van der Waals surface area contributed by atoms with Crippen LogP contribution < -0.4 is 4.74 Å². The Kier molecular flexibility index (Phi) is 7.12. The number of hydrogen-bond acceptors (Lipinski definition) is 6. The molecule has 0 radical (unpaired) electrons. The highest BCUT2D eigenvalue weighted by Crippen LogP contribution is 2.36. The minimum atomic E-state index is -0.574. The van der Waals surface area contributed by atoms with E-state index in [2.05, 4.69) is 4.90 Å². The second-order valence-corrected chi connectivity index (χ2v) is 7.25. The molecule has 0 aliphatic carbocycles. The summed E-state index contributed by atoms with van der Waals surface area (Å²) in [5.41, 5.74) is -0.574. The molecule has 6 heteroatoms. The number of likely N-dealkylation sites (tertiary alicyclic amines) is 1. The molecule has 0 spiro atoms. The van der Waals surface area contributed by atoms with Gasteiger partial charge in [-0.2, -0.15) is 0 Å². The summed E-state index contributed by atoms with van der Waals surface area (Å²) < 4.78 is 16.9. The average molecular weight is 387 g/mol. The van der Waals surface area contributed by atoms with Crippen LogP contribution in [0, 0.1) is 5.41 Å². The van der Waals surface area contributed by atoms with Gasteiger partial charge in [-0.15, -0.1) is 0 Å². The van der Waals surface area contributed by atoms with Crippen LogP contribution in [0.15, 0.2) is 46.9 Å². The van der Waals surface area contributed by atoms with Gasteiger partial charge in [0, 0.05) is 6.54 Å². The van der Waals surface area contributed by atoms with E-state index in [0.717, 1.165) is 30.9 Å². The third kappa shape index (κ3) is 5.14. The molecule has 1 aliphatic rings. The standard InChI is InChI=1S/C22H29NO5/c1-2-26-21(25)22(12-14-27-18-7-4-3-5-8-18)11-6-13-23(17-22)15-19-9-10-20(16-24)28-19/h3-5,7-10,24H,2,6,11-17H2,1H3/t22-/m1/s1. The maximum absolute atomic E-state index is 12.8. The number of carbonyl (C=O) groups is 1. The summed E-state index contributed by atoms with van der Waals surface area (Å²) in [5.74, 6) is 2.01. The molecule has 1 aromatic carbocycles. The molecule has 0 bridgehead atoms. The van der Waals surface area contributed by atoms with Gasteiger partial charge in [0.2, 0.25) is 0 Å². The molecule has 1 aromatic heterocycles. The third-order valence-corrected chi connectivity index (χ3v) is 5.21. The van der Waals surface area contributed by atoms with Crippen LogP contribution in [0.4, 0.5) is 0 Å². The van der Waals surface area contributed by atoms with Crippen molar-refractivity contribution in [3.05, 3.63) is 54.0 Å². The molecule has 6 nitrogen and oxygen atoms in total. The highest BCUT2D eigenvalue weighted by Gasteiger charge is 2.43. The van der Waals surface area contributed by atoms with Crippen molar-refractivity contribution in [3.63, 3.8) is 0 Å². The first-order valence-electron chi connectivity index (χ1n) is 9.91. The quantitative estimate of drug-likeness (QED) is 0.665. The van der Waals surface area contributed by atoms with Crippen LogP contribution in [0.1, 0.15) is 37.7 Å². The third-order valence-electron chi connectivity index (χ3n) is 5.21. The molecule has 0 saturated carbocycles. The lowest BCUT2D eigenvalue weighted by molar-refractivity contribution is -0.160. The number of ether oxygens (including phenoxy) is 2. The van der Waals surface area contributed by atoms with Crippen molar-refractivity contribution in [3.8, 4) is 5.75 Å². The highest BCUT2D eigenvalue weighted by atomic mass is 16.5. The Bertz CT molecular complexity index is 744. The number of benzene rings is 1. The molecule has 2 heterocycles. The van der Waals surface area contributed by atoms with E-state index >= 15 is 0 Å². The summed E-state index contributed by atoms with van der Waals surface area (Å²) in [6.45, 7) is 4.69. The molecule has 2 aromatic rings. The number of furan rings is 1. The maximum atomic E-state index is 12.8. The molecule has 1 atom stereocenters. The Balaban J connectivity index is 1.66. The Morgan fingerprint density at radius 1 is 1.21 bits per heavy atom. The predicted octanol–water partition coefficient (Wildman–Crippen LogP) is 3.39. The van der Waals surface area contributed by atoms with E-state index in [1.165, 1.54) is 0 Å². The maximum Gasteiger partial charge on any atom is 0.313 e. The summed E-state index contributed by atoms with van der Waals surface area (Å²) in [6, 6.07) is 13.3. The second-order valence-electron chi connectivity index (χ2n) is 7.25. The van der Waals surface area contributed by atoms with Crippen LogP contribution in [0.25, 0.3) is 0 Å². The van der Waals surface area contributed by atoms with E-state index < -0.39 is 5.41 Å². The van der Waals surface area contributed by atoms with Crippen molar-refractivity contribution < 1.29 is 23.8 Å². The summed E-state index contributed by atoms with van der Waals surface area (Å²) in [6.07, 6.45) is 2.31. The lowest BCUT2D eigenvalue weighted by Gasteiger charge is -2.40. The molecule has 1 saturated heterocycles.